The molecule has 47 heavy (non-hydrogen) atoms. The fourth-order valence-electron chi connectivity index (χ4n) is 7.04. The first kappa shape index (κ1) is 32.0. The molecular formula is C33H43ClN8O4S. The van der Waals surface area contributed by atoms with E-state index in [2.05, 4.69) is 59.1 Å². The molecule has 1 aromatic heterocycles. The number of piperazine rings is 1. The van der Waals surface area contributed by atoms with E-state index in [1.165, 1.54) is 50.9 Å². The van der Waals surface area contributed by atoms with Crippen molar-refractivity contribution in [1.29, 1.82) is 0 Å². The molecule has 0 amide bonds. The van der Waals surface area contributed by atoms with Crippen LogP contribution in [0.25, 0.3) is 0 Å². The summed E-state index contributed by atoms with van der Waals surface area (Å²) < 4.78 is 38.3. The first-order chi connectivity index (χ1) is 22.6. The lowest BCUT2D eigenvalue weighted by Gasteiger charge is -2.43. The summed E-state index contributed by atoms with van der Waals surface area (Å²) in [5.41, 5.74) is 4.81. The van der Waals surface area contributed by atoms with Gasteiger partial charge in [0, 0.05) is 75.6 Å². The molecule has 12 nitrogen and oxygen atoms in total. The number of rotatable bonds is 10. The van der Waals surface area contributed by atoms with E-state index in [1.54, 1.807) is 19.2 Å². The van der Waals surface area contributed by atoms with Crippen molar-refractivity contribution < 1.29 is 17.9 Å². The Bertz CT molecular complexity index is 1740. The maximum atomic E-state index is 12.1. The summed E-state index contributed by atoms with van der Waals surface area (Å²) in [7, 11) is -1.87. The number of aromatic nitrogens is 2. The second-order valence-electron chi connectivity index (χ2n) is 13.0. The lowest BCUT2D eigenvalue weighted by Crippen LogP contribution is -2.53. The lowest BCUT2D eigenvalue weighted by molar-refractivity contribution is 0.0809. The number of nitrogens with zero attached hydrogens (tertiary/aromatic N) is 5. The highest BCUT2D eigenvalue weighted by Gasteiger charge is 2.34. The number of aryl methyl sites for hydroxylation is 1. The molecular weight excluding hydrogens is 640 g/mol. The molecule has 14 heteroatoms. The van der Waals surface area contributed by atoms with Crippen LogP contribution in [0.1, 0.15) is 36.8 Å². The zero-order chi connectivity index (χ0) is 32.7. The first-order valence-electron chi connectivity index (χ1n) is 16.4. The Balaban J connectivity index is 1.04. The number of piperidine rings is 1. The van der Waals surface area contributed by atoms with E-state index < -0.39 is 10.0 Å². The number of methoxy groups -OCH3 is 1. The van der Waals surface area contributed by atoms with E-state index in [-0.39, 0.29) is 5.02 Å². The molecule has 0 unspecified atom stereocenters. The SMILES string of the molecule is COc1cc(N2CCC(N3CCN(C4CC4)CC3)CC2)c(C)cc1Nc1ncc(Cl)c(Nc2cc3c(cc2NS(C)(=O)=O)CCO3)n1. The summed E-state index contributed by atoms with van der Waals surface area (Å²) in [5, 5.41) is 6.74. The quantitative estimate of drug-likeness (QED) is 0.268. The van der Waals surface area contributed by atoms with Gasteiger partial charge >= 0.3 is 0 Å². The van der Waals surface area contributed by atoms with Crippen LogP contribution < -0.4 is 29.7 Å². The van der Waals surface area contributed by atoms with Gasteiger partial charge in [-0.05, 0) is 55.9 Å². The normalized spacial score (nSPS) is 19.3. The number of halogens is 1. The van der Waals surface area contributed by atoms with Crippen molar-refractivity contribution in [2.75, 3.05) is 79.5 Å². The van der Waals surface area contributed by atoms with Crippen LogP contribution in [0.2, 0.25) is 5.02 Å². The van der Waals surface area contributed by atoms with Gasteiger partial charge < -0.3 is 25.0 Å². The van der Waals surface area contributed by atoms with Crippen molar-refractivity contribution in [2.24, 2.45) is 0 Å². The topological polar surface area (TPSA) is 124 Å². The van der Waals surface area contributed by atoms with Crippen molar-refractivity contribution in [3.63, 3.8) is 0 Å². The number of fused-ring (bicyclic) bond motifs is 1. The summed E-state index contributed by atoms with van der Waals surface area (Å²) in [5.74, 6) is 1.99. The van der Waals surface area contributed by atoms with Gasteiger partial charge in [0.25, 0.3) is 0 Å². The number of ether oxygens (including phenoxy) is 2. The highest BCUT2D eigenvalue weighted by molar-refractivity contribution is 7.92. The van der Waals surface area contributed by atoms with Crippen LogP contribution in [0.5, 0.6) is 11.5 Å². The van der Waals surface area contributed by atoms with E-state index >= 15 is 0 Å². The molecule has 3 fully saturated rings. The third kappa shape index (κ3) is 7.33. The van der Waals surface area contributed by atoms with Crippen LogP contribution in [-0.4, -0.2) is 99.5 Å². The number of hydrogen-bond donors (Lipinski definition) is 3. The minimum absolute atomic E-state index is 0.272. The number of nitrogens with one attached hydrogen (secondary N) is 3. The molecule has 4 aliphatic rings. The highest BCUT2D eigenvalue weighted by atomic mass is 35.5. The standard InChI is InChI=1S/C33H43ClN8O4S/c1-21-16-28(31(45-2)19-29(21)42-9-6-24(7-10-42)41-13-11-40(12-14-41)23-4-5-23)37-33-35-20-25(34)32(38-33)36-26-18-30-22(8-15-46-30)17-27(26)39-47(3,43)44/h16-20,23-24,39H,4-15H2,1-3H3,(H2,35,36,37,38). The zero-order valence-corrected chi connectivity index (χ0v) is 28.8. The van der Waals surface area contributed by atoms with Crippen molar-refractivity contribution in [2.45, 2.75) is 51.1 Å². The molecule has 3 N–H and O–H groups in total. The third-order valence-electron chi connectivity index (χ3n) is 9.62. The van der Waals surface area contributed by atoms with Gasteiger partial charge in [0.2, 0.25) is 16.0 Å². The predicted octanol–water partition coefficient (Wildman–Crippen LogP) is 4.99. The summed E-state index contributed by atoms with van der Waals surface area (Å²) in [6, 6.07) is 9.20. The van der Waals surface area contributed by atoms with Crippen molar-refractivity contribution in [3.05, 3.63) is 46.6 Å². The number of benzene rings is 2. The molecule has 252 valence electrons. The first-order valence-corrected chi connectivity index (χ1v) is 18.7. The molecule has 7 rings (SSSR count). The molecule has 3 aromatic rings. The Hall–Kier alpha value is -3.52. The van der Waals surface area contributed by atoms with E-state index in [0.717, 1.165) is 55.0 Å². The van der Waals surface area contributed by atoms with Gasteiger partial charge in [0.15, 0.2) is 5.82 Å². The Labute approximate surface area is 281 Å². The van der Waals surface area contributed by atoms with Gasteiger partial charge in [-0.3, -0.25) is 14.5 Å². The smallest absolute Gasteiger partial charge is 0.229 e. The Morgan fingerprint density at radius 1 is 0.915 bits per heavy atom. The van der Waals surface area contributed by atoms with Crippen LogP contribution in [0.3, 0.4) is 0 Å². The highest BCUT2D eigenvalue weighted by Crippen LogP contribution is 2.39. The van der Waals surface area contributed by atoms with Crippen molar-refractivity contribution in [1.82, 2.24) is 19.8 Å². The maximum Gasteiger partial charge on any atom is 0.229 e. The molecule has 4 heterocycles. The molecule has 3 aliphatic heterocycles. The monoisotopic (exact) mass is 682 g/mol. The van der Waals surface area contributed by atoms with Crippen LogP contribution in [0.4, 0.5) is 34.5 Å². The van der Waals surface area contributed by atoms with E-state index in [9.17, 15) is 8.42 Å². The molecule has 2 aromatic carbocycles. The molecule has 2 saturated heterocycles. The molecule has 0 radical (unpaired) electrons. The van der Waals surface area contributed by atoms with E-state index in [1.807, 2.05) is 0 Å². The predicted molar refractivity (Wildman–Crippen MR) is 187 cm³/mol. The van der Waals surface area contributed by atoms with Gasteiger partial charge in [-0.15, -0.1) is 0 Å². The van der Waals surface area contributed by atoms with Gasteiger partial charge in [-0.25, -0.2) is 13.4 Å². The average Bonchev–Trinajstić information content (AvgIpc) is 3.81. The summed E-state index contributed by atoms with van der Waals surface area (Å²) >= 11 is 6.50. The van der Waals surface area contributed by atoms with Crippen molar-refractivity contribution in [3.8, 4) is 11.5 Å². The summed E-state index contributed by atoms with van der Waals surface area (Å²) in [6.07, 6.45) is 8.41. The molecule has 1 aliphatic carbocycles. The lowest BCUT2D eigenvalue weighted by atomic mass is 10.0. The van der Waals surface area contributed by atoms with Crippen LogP contribution >= 0.6 is 11.6 Å². The van der Waals surface area contributed by atoms with Gasteiger partial charge in [-0.1, -0.05) is 11.6 Å². The average molecular weight is 683 g/mol. The Morgan fingerprint density at radius 2 is 1.62 bits per heavy atom. The molecule has 1 saturated carbocycles. The number of sulfonamides is 1. The third-order valence-corrected chi connectivity index (χ3v) is 10.5. The zero-order valence-electron chi connectivity index (χ0n) is 27.2. The second-order valence-corrected chi connectivity index (χ2v) is 15.1. The van der Waals surface area contributed by atoms with Gasteiger partial charge in [0.05, 0.1) is 43.2 Å². The number of anilines is 6. The fourth-order valence-corrected chi connectivity index (χ4v) is 7.75. The fraction of sp³-hybridized carbons (Fsp3) is 0.515. The molecule has 0 bridgehead atoms. The largest absolute Gasteiger partial charge is 0.494 e. The molecule has 0 atom stereocenters. The van der Waals surface area contributed by atoms with Crippen molar-refractivity contribution >= 4 is 56.1 Å². The maximum absolute atomic E-state index is 12.1. The van der Waals surface area contributed by atoms with Crippen LogP contribution in [0.15, 0.2) is 30.5 Å². The van der Waals surface area contributed by atoms with Crippen LogP contribution in [0, 0.1) is 6.92 Å². The second kappa shape index (κ2) is 13.2. The number of hydrogen-bond acceptors (Lipinski definition) is 11. The van der Waals surface area contributed by atoms with E-state index in [4.69, 9.17) is 21.1 Å². The van der Waals surface area contributed by atoms with Gasteiger partial charge in [-0.2, -0.15) is 4.98 Å². The van der Waals surface area contributed by atoms with Crippen LogP contribution in [-0.2, 0) is 16.4 Å². The minimum atomic E-state index is -3.53. The van der Waals surface area contributed by atoms with Gasteiger partial charge in [0.1, 0.15) is 16.5 Å². The summed E-state index contributed by atoms with van der Waals surface area (Å²) in [6.45, 7) is 9.51. The minimum Gasteiger partial charge on any atom is -0.494 e. The van der Waals surface area contributed by atoms with E-state index in [0.29, 0.717) is 53.7 Å². The Kier molecular flexibility index (Phi) is 8.98. The molecule has 0 spiro atoms. The summed E-state index contributed by atoms with van der Waals surface area (Å²) in [4.78, 5) is 16.9. The Morgan fingerprint density at radius 3 is 2.28 bits per heavy atom.